The Kier molecular flexibility index (Phi) is 3.91. The summed E-state index contributed by atoms with van der Waals surface area (Å²) in [6, 6.07) is 0. The van der Waals surface area contributed by atoms with E-state index in [4.69, 9.17) is 5.73 Å². The number of hydrogen-bond acceptors (Lipinski definition) is 4. The van der Waals surface area contributed by atoms with Gasteiger partial charge in [-0.1, -0.05) is 34.6 Å². The van der Waals surface area contributed by atoms with Crippen LogP contribution in [-0.4, -0.2) is 9.78 Å². The fourth-order valence-corrected chi connectivity index (χ4v) is 2.01. The van der Waals surface area contributed by atoms with Crippen LogP contribution in [0.3, 0.4) is 0 Å². The van der Waals surface area contributed by atoms with Gasteiger partial charge in [-0.25, -0.2) is 4.68 Å². The Morgan fingerprint density at radius 1 is 1.47 bits per heavy atom. The molecule has 2 N–H and O–H groups in total. The minimum Gasteiger partial charge on any atom is -0.382 e. The SMILES string of the molecule is CC(C)C(C)C(C)(C)Cn1ncc(N=O)c1N. The third kappa shape index (κ3) is 2.84. The predicted octanol–water partition coefficient (Wildman–Crippen LogP) is 3.18. The molecule has 0 amide bonds. The maximum atomic E-state index is 10.5. The van der Waals surface area contributed by atoms with Crippen LogP contribution in [0.1, 0.15) is 34.6 Å². The molecule has 1 unspecified atom stereocenters. The zero-order chi connectivity index (χ0) is 13.2. The van der Waals surface area contributed by atoms with Crippen molar-refractivity contribution in [1.29, 1.82) is 0 Å². The van der Waals surface area contributed by atoms with E-state index in [2.05, 4.69) is 44.9 Å². The van der Waals surface area contributed by atoms with Crippen molar-refractivity contribution in [2.24, 2.45) is 22.4 Å². The van der Waals surface area contributed by atoms with Gasteiger partial charge in [0.05, 0.1) is 6.20 Å². The van der Waals surface area contributed by atoms with Gasteiger partial charge in [0.15, 0.2) is 11.5 Å². The number of nitrogens with zero attached hydrogens (tertiary/aromatic N) is 3. The van der Waals surface area contributed by atoms with Gasteiger partial charge in [0.1, 0.15) is 0 Å². The zero-order valence-electron chi connectivity index (χ0n) is 11.3. The molecule has 0 saturated heterocycles. The molecule has 5 nitrogen and oxygen atoms in total. The molecular formula is C12H22N4O. The van der Waals surface area contributed by atoms with Gasteiger partial charge in [-0.3, -0.25) is 0 Å². The summed E-state index contributed by atoms with van der Waals surface area (Å²) >= 11 is 0. The molecule has 0 aromatic carbocycles. The Bertz CT molecular complexity index is 395. The molecule has 0 aliphatic heterocycles. The highest BCUT2D eigenvalue weighted by Crippen LogP contribution is 2.35. The zero-order valence-corrected chi connectivity index (χ0v) is 11.3. The molecule has 1 aromatic heterocycles. The molecule has 1 heterocycles. The lowest BCUT2D eigenvalue weighted by atomic mass is 9.74. The number of aromatic nitrogens is 2. The number of nitrogens with two attached hydrogens (primary N) is 1. The predicted molar refractivity (Wildman–Crippen MR) is 69.9 cm³/mol. The maximum Gasteiger partial charge on any atom is 0.169 e. The first kappa shape index (κ1) is 13.7. The van der Waals surface area contributed by atoms with Gasteiger partial charge < -0.3 is 5.73 Å². The van der Waals surface area contributed by atoms with Crippen LogP contribution in [0, 0.1) is 22.2 Å². The summed E-state index contributed by atoms with van der Waals surface area (Å²) in [6.07, 6.45) is 1.42. The van der Waals surface area contributed by atoms with E-state index in [9.17, 15) is 4.91 Å². The minimum atomic E-state index is 0.0639. The van der Waals surface area contributed by atoms with Crippen LogP contribution in [0.4, 0.5) is 11.5 Å². The largest absolute Gasteiger partial charge is 0.382 e. The number of rotatable bonds is 5. The van der Waals surface area contributed by atoms with Crippen molar-refractivity contribution in [3.63, 3.8) is 0 Å². The number of nitroso groups, excluding NO2 is 1. The lowest BCUT2D eigenvalue weighted by molar-refractivity contribution is 0.143. The summed E-state index contributed by atoms with van der Waals surface area (Å²) < 4.78 is 1.66. The van der Waals surface area contributed by atoms with E-state index in [1.54, 1.807) is 4.68 Å². The highest BCUT2D eigenvalue weighted by molar-refractivity contribution is 5.56. The lowest BCUT2D eigenvalue weighted by Gasteiger charge is -2.34. The van der Waals surface area contributed by atoms with E-state index in [1.807, 2.05) is 0 Å². The van der Waals surface area contributed by atoms with Crippen LogP contribution in [0.2, 0.25) is 0 Å². The van der Waals surface area contributed by atoms with Crippen molar-refractivity contribution in [2.45, 2.75) is 41.2 Å². The monoisotopic (exact) mass is 238 g/mol. The maximum absolute atomic E-state index is 10.5. The van der Waals surface area contributed by atoms with E-state index in [1.165, 1.54) is 6.20 Å². The van der Waals surface area contributed by atoms with Gasteiger partial charge in [-0.15, -0.1) is 4.91 Å². The molecule has 0 bridgehead atoms. The molecule has 1 atom stereocenters. The molecule has 5 heteroatoms. The van der Waals surface area contributed by atoms with Crippen molar-refractivity contribution in [1.82, 2.24) is 9.78 Å². The van der Waals surface area contributed by atoms with Gasteiger partial charge in [-0.05, 0) is 22.4 Å². The molecule has 1 aromatic rings. The Labute approximate surface area is 102 Å². The summed E-state index contributed by atoms with van der Waals surface area (Å²) in [5.74, 6) is 1.47. The van der Waals surface area contributed by atoms with Gasteiger partial charge in [0.2, 0.25) is 0 Å². The molecular weight excluding hydrogens is 216 g/mol. The van der Waals surface area contributed by atoms with Gasteiger partial charge >= 0.3 is 0 Å². The molecule has 0 saturated carbocycles. The van der Waals surface area contributed by atoms with Crippen molar-refractivity contribution >= 4 is 11.5 Å². The summed E-state index contributed by atoms with van der Waals surface area (Å²) in [7, 11) is 0. The van der Waals surface area contributed by atoms with Crippen molar-refractivity contribution < 1.29 is 0 Å². The average molecular weight is 238 g/mol. The second-order valence-corrected chi connectivity index (χ2v) is 5.69. The number of hydrogen-bond donors (Lipinski definition) is 1. The first-order valence-electron chi connectivity index (χ1n) is 5.94. The fourth-order valence-electron chi connectivity index (χ4n) is 2.01. The number of nitrogen functional groups attached to an aromatic ring is 1. The van der Waals surface area contributed by atoms with E-state index >= 15 is 0 Å². The van der Waals surface area contributed by atoms with Crippen LogP contribution < -0.4 is 5.73 Å². The molecule has 0 fully saturated rings. The summed E-state index contributed by atoms with van der Waals surface area (Å²) in [4.78, 5) is 10.5. The fraction of sp³-hybridized carbons (Fsp3) is 0.750. The van der Waals surface area contributed by atoms with Gasteiger partial charge in [0.25, 0.3) is 0 Å². The Morgan fingerprint density at radius 3 is 2.47 bits per heavy atom. The Hall–Kier alpha value is -1.39. The lowest BCUT2D eigenvalue weighted by Crippen LogP contribution is -2.31. The average Bonchev–Trinajstić information content (AvgIpc) is 2.58. The van der Waals surface area contributed by atoms with Gasteiger partial charge in [-0.2, -0.15) is 5.10 Å². The van der Waals surface area contributed by atoms with E-state index in [0.717, 1.165) is 0 Å². The van der Waals surface area contributed by atoms with Crippen LogP contribution in [-0.2, 0) is 6.54 Å². The summed E-state index contributed by atoms with van der Waals surface area (Å²) in [5.41, 5.74) is 6.09. The quantitative estimate of drug-likeness (QED) is 0.800. The normalized spacial score (nSPS) is 14.0. The van der Waals surface area contributed by atoms with Crippen LogP contribution >= 0.6 is 0 Å². The Balaban J connectivity index is 2.89. The first-order chi connectivity index (χ1) is 7.79. The third-order valence-corrected chi connectivity index (χ3v) is 3.75. The third-order valence-electron chi connectivity index (χ3n) is 3.75. The van der Waals surface area contributed by atoms with Crippen LogP contribution in [0.15, 0.2) is 11.4 Å². The summed E-state index contributed by atoms with van der Waals surface area (Å²) in [6.45, 7) is 11.7. The molecule has 1 rings (SSSR count). The molecule has 0 aliphatic carbocycles. The van der Waals surface area contributed by atoms with Crippen molar-refractivity contribution in [2.75, 3.05) is 5.73 Å². The summed E-state index contributed by atoms with van der Waals surface area (Å²) in [5, 5.41) is 6.95. The molecule has 17 heavy (non-hydrogen) atoms. The number of anilines is 1. The molecule has 0 radical (unpaired) electrons. The molecule has 0 aliphatic rings. The minimum absolute atomic E-state index is 0.0639. The highest BCUT2D eigenvalue weighted by atomic mass is 16.3. The Morgan fingerprint density at radius 2 is 2.06 bits per heavy atom. The van der Waals surface area contributed by atoms with Crippen molar-refractivity contribution in [3.8, 4) is 0 Å². The molecule has 96 valence electrons. The van der Waals surface area contributed by atoms with Gasteiger partial charge in [0, 0.05) is 6.54 Å². The van der Waals surface area contributed by atoms with Crippen LogP contribution in [0.25, 0.3) is 0 Å². The standard InChI is InChI=1S/C12H22N4O/c1-8(2)9(3)12(4,5)7-16-11(13)10(15-17)6-14-16/h6,8-9H,7,13H2,1-5H3. The van der Waals surface area contributed by atoms with E-state index in [0.29, 0.717) is 24.2 Å². The van der Waals surface area contributed by atoms with E-state index in [-0.39, 0.29) is 11.1 Å². The topological polar surface area (TPSA) is 73.3 Å². The first-order valence-corrected chi connectivity index (χ1v) is 5.94. The van der Waals surface area contributed by atoms with E-state index < -0.39 is 0 Å². The highest BCUT2D eigenvalue weighted by Gasteiger charge is 2.29. The second-order valence-electron chi connectivity index (χ2n) is 5.69. The van der Waals surface area contributed by atoms with Crippen molar-refractivity contribution in [3.05, 3.63) is 11.1 Å². The smallest absolute Gasteiger partial charge is 0.169 e. The van der Waals surface area contributed by atoms with Crippen LogP contribution in [0.5, 0.6) is 0 Å². The second kappa shape index (κ2) is 4.85. The molecule has 0 spiro atoms.